The summed E-state index contributed by atoms with van der Waals surface area (Å²) in [6.45, 7) is 13.1. The van der Waals surface area contributed by atoms with Crippen LogP contribution in [0.25, 0.3) is 22.0 Å². The predicted molar refractivity (Wildman–Crippen MR) is 116 cm³/mol. The van der Waals surface area contributed by atoms with Gasteiger partial charge in [0.1, 0.15) is 5.75 Å². The molecule has 0 saturated heterocycles. The second kappa shape index (κ2) is 8.27. The molecule has 0 spiro atoms. The van der Waals surface area contributed by atoms with Gasteiger partial charge < -0.3 is 14.0 Å². The lowest BCUT2D eigenvalue weighted by molar-refractivity contribution is -0.158. The molecule has 5 heteroatoms. The summed E-state index contributed by atoms with van der Waals surface area (Å²) in [5, 5.41) is 1.10. The predicted octanol–water partition coefficient (Wildman–Crippen LogP) is 5.39. The number of hydrogen-bond acceptors (Lipinski definition) is 4. The molecule has 2 heterocycles. The van der Waals surface area contributed by atoms with Crippen LogP contribution < -0.4 is 4.74 Å². The van der Waals surface area contributed by atoms with Gasteiger partial charge in [0.05, 0.1) is 6.61 Å². The zero-order chi connectivity index (χ0) is 21.2. The number of carbonyl (C=O) groups excluding carboxylic acids is 1. The number of hydrogen-bond donors (Lipinski definition) is 0. The monoisotopic (exact) mass is 394 g/mol. The lowest BCUT2D eigenvalue weighted by Crippen LogP contribution is -2.39. The van der Waals surface area contributed by atoms with Crippen LogP contribution in [0.1, 0.15) is 40.3 Å². The molecule has 29 heavy (non-hydrogen) atoms. The first kappa shape index (κ1) is 20.9. The molecule has 0 radical (unpaired) electrons. The van der Waals surface area contributed by atoms with Crippen molar-refractivity contribution in [3.8, 4) is 16.9 Å². The Morgan fingerprint density at radius 3 is 2.48 bits per heavy atom. The molecule has 0 aliphatic rings. The minimum Gasteiger partial charge on any atom is -0.476 e. The molecule has 0 N–H and O–H groups in total. The molecule has 0 atom stereocenters. The van der Waals surface area contributed by atoms with Crippen molar-refractivity contribution in [1.29, 1.82) is 0 Å². The Kier molecular flexibility index (Phi) is 5.96. The highest BCUT2D eigenvalue weighted by atomic mass is 16.6. The molecule has 154 valence electrons. The van der Waals surface area contributed by atoms with Gasteiger partial charge in [0.15, 0.2) is 5.60 Å². The van der Waals surface area contributed by atoms with Crippen LogP contribution in [-0.2, 0) is 16.1 Å². The Bertz CT molecular complexity index is 1000. The maximum Gasteiger partial charge on any atom is 0.349 e. The van der Waals surface area contributed by atoms with Gasteiger partial charge in [-0.25, -0.2) is 4.79 Å². The molecular formula is C24H30N2O3. The number of benzene rings is 1. The van der Waals surface area contributed by atoms with E-state index in [1.165, 1.54) is 11.3 Å². The lowest BCUT2D eigenvalue weighted by Gasteiger charge is -2.24. The fraction of sp³-hybridized carbons (Fsp3) is 0.417. The molecule has 3 aromatic rings. The number of esters is 1. The van der Waals surface area contributed by atoms with Crippen molar-refractivity contribution in [3.05, 3.63) is 48.4 Å². The highest BCUT2D eigenvalue weighted by Crippen LogP contribution is 2.37. The maximum atomic E-state index is 12.2. The third kappa shape index (κ3) is 4.29. The smallest absolute Gasteiger partial charge is 0.349 e. The van der Waals surface area contributed by atoms with E-state index in [9.17, 15) is 4.79 Å². The van der Waals surface area contributed by atoms with Crippen molar-refractivity contribution in [2.75, 3.05) is 6.61 Å². The summed E-state index contributed by atoms with van der Waals surface area (Å²) in [7, 11) is 0. The lowest BCUT2D eigenvalue weighted by atomic mass is 10.0. The molecule has 5 nitrogen and oxygen atoms in total. The van der Waals surface area contributed by atoms with Crippen LogP contribution in [-0.4, -0.2) is 27.7 Å². The second-order valence-corrected chi connectivity index (χ2v) is 8.21. The molecule has 0 aliphatic heterocycles. The van der Waals surface area contributed by atoms with Crippen molar-refractivity contribution < 1.29 is 14.3 Å². The first-order valence-electron chi connectivity index (χ1n) is 10.1. The minimum atomic E-state index is -1.06. The molecule has 0 fully saturated rings. The van der Waals surface area contributed by atoms with Crippen molar-refractivity contribution in [2.45, 2.75) is 53.7 Å². The molecular weight excluding hydrogens is 364 g/mol. The zero-order valence-corrected chi connectivity index (χ0v) is 18.2. The highest BCUT2D eigenvalue weighted by Gasteiger charge is 2.32. The largest absolute Gasteiger partial charge is 0.476 e. The molecule has 0 aliphatic carbocycles. The van der Waals surface area contributed by atoms with E-state index < -0.39 is 5.60 Å². The Balaban J connectivity index is 2.12. The van der Waals surface area contributed by atoms with E-state index in [4.69, 9.17) is 9.47 Å². The summed E-state index contributed by atoms with van der Waals surface area (Å²) in [6.07, 6.45) is 3.62. The van der Waals surface area contributed by atoms with E-state index in [0.29, 0.717) is 18.3 Å². The van der Waals surface area contributed by atoms with Crippen LogP contribution in [0.4, 0.5) is 0 Å². The minimum absolute atomic E-state index is 0.327. The Labute approximate surface area is 172 Å². The zero-order valence-electron chi connectivity index (χ0n) is 18.2. The van der Waals surface area contributed by atoms with Gasteiger partial charge in [0.2, 0.25) is 0 Å². The average Bonchev–Trinajstić information content (AvgIpc) is 2.93. The van der Waals surface area contributed by atoms with Gasteiger partial charge in [-0.15, -0.1) is 0 Å². The maximum absolute atomic E-state index is 12.2. The average molecular weight is 395 g/mol. The number of rotatable bonds is 7. The topological polar surface area (TPSA) is 53.4 Å². The second-order valence-electron chi connectivity index (χ2n) is 8.21. The Hall–Kier alpha value is -2.82. The van der Waals surface area contributed by atoms with Gasteiger partial charge in [0.25, 0.3) is 0 Å². The third-order valence-electron chi connectivity index (χ3n) is 4.95. The van der Waals surface area contributed by atoms with Crippen LogP contribution >= 0.6 is 0 Å². The van der Waals surface area contributed by atoms with E-state index >= 15 is 0 Å². The van der Waals surface area contributed by atoms with Crippen molar-refractivity contribution >= 4 is 16.9 Å². The van der Waals surface area contributed by atoms with Crippen LogP contribution in [0, 0.1) is 12.8 Å². The summed E-state index contributed by atoms with van der Waals surface area (Å²) in [5.41, 5.74) is 3.59. The summed E-state index contributed by atoms with van der Waals surface area (Å²) in [6, 6.07) is 10.1. The van der Waals surface area contributed by atoms with Gasteiger partial charge >= 0.3 is 5.97 Å². The molecule has 1 aromatic carbocycles. The summed E-state index contributed by atoms with van der Waals surface area (Å²) >= 11 is 0. The van der Waals surface area contributed by atoms with E-state index in [2.05, 4.69) is 36.4 Å². The quantitative estimate of drug-likeness (QED) is 0.504. The molecule has 0 unspecified atom stereocenters. The van der Waals surface area contributed by atoms with Gasteiger partial charge in [-0.05, 0) is 69.5 Å². The van der Waals surface area contributed by atoms with Crippen LogP contribution in [0.15, 0.2) is 42.7 Å². The van der Waals surface area contributed by atoms with Crippen molar-refractivity contribution in [2.24, 2.45) is 5.92 Å². The Morgan fingerprint density at radius 1 is 1.17 bits per heavy atom. The standard InChI is InChI=1S/C24H30N2O3/c1-7-28-23(27)24(5,6)29-19-8-9-21-20(14-19)22(18-10-12-25-13-11-18)17(4)26(21)15-16(2)3/h8-14,16H,7,15H2,1-6H3. The molecule has 0 saturated carbocycles. The van der Waals surface area contributed by atoms with E-state index in [1.807, 2.05) is 36.7 Å². The molecule has 2 aromatic heterocycles. The summed E-state index contributed by atoms with van der Waals surface area (Å²) in [4.78, 5) is 16.4. The number of carbonyl (C=O) groups is 1. The number of ether oxygens (including phenoxy) is 2. The van der Waals surface area contributed by atoms with Crippen molar-refractivity contribution in [1.82, 2.24) is 9.55 Å². The fourth-order valence-electron chi connectivity index (χ4n) is 3.65. The van der Waals surface area contributed by atoms with Crippen molar-refractivity contribution in [3.63, 3.8) is 0 Å². The van der Waals surface area contributed by atoms with Crippen LogP contribution in [0.2, 0.25) is 0 Å². The van der Waals surface area contributed by atoms with Crippen LogP contribution in [0.5, 0.6) is 5.75 Å². The molecule has 0 amide bonds. The van der Waals surface area contributed by atoms with E-state index in [0.717, 1.165) is 23.0 Å². The van der Waals surface area contributed by atoms with Gasteiger partial charge in [0, 0.05) is 41.1 Å². The normalized spacial score (nSPS) is 11.8. The molecule has 3 rings (SSSR count). The van der Waals surface area contributed by atoms with Gasteiger partial charge in [-0.3, -0.25) is 4.98 Å². The SMILES string of the molecule is CCOC(=O)C(C)(C)Oc1ccc2c(c1)c(-c1ccncc1)c(C)n2CC(C)C. The number of nitrogens with zero attached hydrogens (tertiary/aromatic N) is 2. The van der Waals surface area contributed by atoms with Gasteiger partial charge in [-0.2, -0.15) is 0 Å². The first-order valence-corrected chi connectivity index (χ1v) is 10.1. The van der Waals surface area contributed by atoms with E-state index in [-0.39, 0.29) is 5.97 Å². The highest BCUT2D eigenvalue weighted by molar-refractivity contribution is 5.99. The third-order valence-corrected chi connectivity index (χ3v) is 4.95. The fourth-order valence-corrected chi connectivity index (χ4v) is 3.65. The summed E-state index contributed by atoms with van der Waals surface area (Å²) in [5.74, 6) is 0.795. The Morgan fingerprint density at radius 2 is 1.86 bits per heavy atom. The number of pyridine rings is 1. The summed E-state index contributed by atoms with van der Waals surface area (Å²) < 4.78 is 13.6. The van der Waals surface area contributed by atoms with Crippen LogP contribution in [0.3, 0.4) is 0 Å². The molecule has 0 bridgehead atoms. The van der Waals surface area contributed by atoms with E-state index in [1.54, 1.807) is 20.8 Å². The van der Waals surface area contributed by atoms with Gasteiger partial charge in [-0.1, -0.05) is 13.8 Å². The number of fused-ring (bicyclic) bond motifs is 1. The number of aromatic nitrogens is 2. The first-order chi connectivity index (χ1) is 13.7.